The molecular formula is C27H29N9O2S. The van der Waals surface area contributed by atoms with Crippen LogP contribution in [-0.4, -0.2) is 55.8 Å². The van der Waals surface area contributed by atoms with Gasteiger partial charge in [-0.25, -0.2) is 14.6 Å². The third kappa shape index (κ3) is 6.63. The van der Waals surface area contributed by atoms with Crippen molar-refractivity contribution in [3.8, 4) is 28.7 Å². The maximum absolute atomic E-state index is 9.58. The molecule has 11 nitrogen and oxygen atoms in total. The van der Waals surface area contributed by atoms with Gasteiger partial charge in [0.05, 0.1) is 24.2 Å². The Morgan fingerprint density at radius 1 is 1.13 bits per heavy atom. The molecule has 0 saturated carbocycles. The zero-order valence-corrected chi connectivity index (χ0v) is 22.6. The van der Waals surface area contributed by atoms with Crippen molar-refractivity contribution in [2.24, 2.45) is 0 Å². The smallest absolute Gasteiger partial charge is 0.227 e. The minimum atomic E-state index is -0.227. The molecule has 0 radical (unpaired) electrons. The van der Waals surface area contributed by atoms with Gasteiger partial charge in [-0.15, -0.1) is 5.10 Å². The largest absolute Gasteiger partial charge is 0.495 e. The number of hydrogen-bond acceptors (Lipinski definition) is 11. The highest BCUT2D eigenvalue weighted by Crippen LogP contribution is 2.34. The minimum Gasteiger partial charge on any atom is -0.495 e. The van der Waals surface area contributed by atoms with Crippen molar-refractivity contribution in [3.05, 3.63) is 66.2 Å². The third-order valence-corrected chi connectivity index (χ3v) is 7.47. The standard InChI is InChI=1S/C27H29N9O2S/c1-18(39-17-36-16-32-34-35-36)38-26-12-21(3-4-22(26)13-28)23-14-30-27(31-15-23)33-24-11-20(5-6-25(24)37-2)19-7-9-29-10-8-19/h3-6,11-12,14-16,18-19,29H,7-10,17H2,1-2H3,(H,30,31,33)/t18-/m1/s1. The molecule has 1 fully saturated rings. The number of aromatic nitrogens is 6. The highest BCUT2D eigenvalue weighted by molar-refractivity contribution is 7.98. The van der Waals surface area contributed by atoms with Crippen LogP contribution in [0.5, 0.6) is 11.5 Å². The first kappa shape index (κ1) is 26.4. The van der Waals surface area contributed by atoms with Crippen molar-refractivity contribution >= 4 is 23.4 Å². The third-order valence-electron chi connectivity index (χ3n) is 6.49. The molecule has 4 aromatic rings. The second-order valence-corrected chi connectivity index (χ2v) is 10.3. The fourth-order valence-corrected chi connectivity index (χ4v) is 5.07. The van der Waals surface area contributed by atoms with Crippen LogP contribution in [0.15, 0.2) is 55.1 Å². The van der Waals surface area contributed by atoms with Gasteiger partial charge in [-0.2, -0.15) is 5.26 Å². The van der Waals surface area contributed by atoms with E-state index >= 15 is 0 Å². The molecule has 0 spiro atoms. The van der Waals surface area contributed by atoms with E-state index in [1.165, 1.54) is 17.3 Å². The summed E-state index contributed by atoms with van der Waals surface area (Å²) < 4.78 is 13.3. The number of benzene rings is 2. The molecule has 200 valence electrons. The highest BCUT2D eigenvalue weighted by Gasteiger charge is 2.17. The molecule has 0 unspecified atom stereocenters. The van der Waals surface area contributed by atoms with Crippen molar-refractivity contribution < 1.29 is 9.47 Å². The van der Waals surface area contributed by atoms with E-state index in [0.29, 0.717) is 29.1 Å². The minimum absolute atomic E-state index is 0.227. The van der Waals surface area contributed by atoms with Crippen LogP contribution < -0.4 is 20.1 Å². The van der Waals surface area contributed by atoms with Gasteiger partial charge >= 0.3 is 0 Å². The van der Waals surface area contributed by atoms with E-state index in [-0.39, 0.29) is 5.44 Å². The molecule has 2 aromatic carbocycles. The Balaban J connectivity index is 1.29. The Kier molecular flexibility index (Phi) is 8.50. The van der Waals surface area contributed by atoms with Crippen molar-refractivity contribution in [1.82, 2.24) is 35.5 Å². The molecule has 1 saturated heterocycles. The van der Waals surface area contributed by atoms with Crippen molar-refractivity contribution in [2.45, 2.75) is 37.0 Å². The Bertz CT molecular complexity index is 1420. The number of thioether (sulfide) groups is 1. The zero-order chi connectivity index (χ0) is 27.0. The summed E-state index contributed by atoms with van der Waals surface area (Å²) in [5, 5.41) is 27.4. The first-order chi connectivity index (χ1) is 19.1. The highest BCUT2D eigenvalue weighted by atomic mass is 32.2. The van der Waals surface area contributed by atoms with Gasteiger partial charge in [-0.1, -0.05) is 23.9 Å². The molecule has 2 N–H and O–H groups in total. The average Bonchev–Trinajstić information content (AvgIpc) is 3.51. The molecule has 3 heterocycles. The first-order valence-electron chi connectivity index (χ1n) is 12.6. The van der Waals surface area contributed by atoms with E-state index < -0.39 is 0 Å². The number of rotatable bonds is 10. The average molecular weight is 544 g/mol. The van der Waals surface area contributed by atoms with E-state index in [9.17, 15) is 5.26 Å². The maximum atomic E-state index is 9.58. The number of anilines is 2. The summed E-state index contributed by atoms with van der Waals surface area (Å²) in [6.07, 6.45) is 7.27. The lowest BCUT2D eigenvalue weighted by atomic mass is 9.90. The molecular weight excluding hydrogens is 514 g/mol. The lowest BCUT2D eigenvalue weighted by Crippen LogP contribution is -2.26. The molecule has 1 aliphatic heterocycles. The predicted molar refractivity (Wildman–Crippen MR) is 149 cm³/mol. The van der Waals surface area contributed by atoms with Gasteiger partial charge in [-0.05, 0) is 84.6 Å². The fraction of sp³-hybridized carbons (Fsp3) is 0.333. The van der Waals surface area contributed by atoms with Crippen LogP contribution in [-0.2, 0) is 5.88 Å². The fourth-order valence-electron chi connectivity index (χ4n) is 4.42. The van der Waals surface area contributed by atoms with Crippen molar-refractivity contribution in [3.63, 3.8) is 0 Å². The van der Waals surface area contributed by atoms with E-state index in [1.807, 2.05) is 25.1 Å². The Labute approximate surface area is 231 Å². The molecule has 12 heteroatoms. The summed E-state index contributed by atoms with van der Waals surface area (Å²) >= 11 is 1.51. The number of piperidine rings is 1. The molecule has 0 bridgehead atoms. The normalized spacial score (nSPS) is 14.4. The molecule has 1 aliphatic rings. The number of methoxy groups -OCH3 is 1. The second-order valence-electron chi connectivity index (χ2n) is 9.06. The Hall–Kier alpha value is -4.21. The Morgan fingerprint density at radius 2 is 1.95 bits per heavy atom. The number of ether oxygens (including phenoxy) is 2. The van der Waals surface area contributed by atoms with Crippen LogP contribution in [0.4, 0.5) is 11.6 Å². The monoisotopic (exact) mass is 543 g/mol. The van der Waals surface area contributed by atoms with E-state index in [0.717, 1.165) is 48.5 Å². The molecule has 1 atom stereocenters. The molecule has 0 aliphatic carbocycles. The number of nitrogens with one attached hydrogen (secondary N) is 2. The van der Waals surface area contributed by atoms with Crippen LogP contribution in [0, 0.1) is 11.3 Å². The quantitative estimate of drug-likeness (QED) is 0.277. The van der Waals surface area contributed by atoms with Gasteiger partial charge < -0.3 is 20.1 Å². The van der Waals surface area contributed by atoms with Gasteiger partial charge in [0, 0.05) is 18.0 Å². The molecule has 5 rings (SSSR count). The zero-order valence-electron chi connectivity index (χ0n) is 21.7. The van der Waals surface area contributed by atoms with Crippen LogP contribution in [0.2, 0.25) is 0 Å². The van der Waals surface area contributed by atoms with E-state index in [2.05, 4.69) is 54.3 Å². The van der Waals surface area contributed by atoms with Crippen LogP contribution in [0.1, 0.15) is 36.8 Å². The summed E-state index contributed by atoms with van der Waals surface area (Å²) in [5.74, 6) is 2.75. The number of tetrazole rings is 1. The van der Waals surface area contributed by atoms with Crippen LogP contribution in [0.3, 0.4) is 0 Å². The molecule has 39 heavy (non-hydrogen) atoms. The van der Waals surface area contributed by atoms with Gasteiger partial charge in [0.1, 0.15) is 29.3 Å². The van der Waals surface area contributed by atoms with Gasteiger partial charge in [0.2, 0.25) is 5.95 Å². The summed E-state index contributed by atoms with van der Waals surface area (Å²) in [7, 11) is 1.66. The number of nitriles is 1. The van der Waals surface area contributed by atoms with Gasteiger partial charge in [0.15, 0.2) is 0 Å². The summed E-state index contributed by atoms with van der Waals surface area (Å²) in [6.45, 7) is 3.98. The topological polar surface area (TPSA) is 136 Å². The van der Waals surface area contributed by atoms with Crippen molar-refractivity contribution in [2.75, 3.05) is 25.5 Å². The van der Waals surface area contributed by atoms with E-state index in [4.69, 9.17) is 9.47 Å². The van der Waals surface area contributed by atoms with Crippen LogP contribution >= 0.6 is 11.8 Å². The van der Waals surface area contributed by atoms with Gasteiger partial charge in [0.25, 0.3) is 0 Å². The molecule has 0 amide bonds. The van der Waals surface area contributed by atoms with E-state index in [1.54, 1.807) is 36.6 Å². The lowest BCUT2D eigenvalue weighted by molar-refractivity contribution is 0.306. The molecule has 2 aromatic heterocycles. The summed E-state index contributed by atoms with van der Waals surface area (Å²) in [5.41, 5.74) is 4.00. The number of hydrogen-bond donors (Lipinski definition) is 2. The lowest BCUT2D eigenvalue weighted by Gasteiger charge is -2.24. The first-order valence-corrected chi connectivity index (χ1v) is 13.7. The maximum Gasteiger partial charge on any atom is 0.227 e. The van der Waals surface area contributed by atoms with Gasteiger partial charge in [-0.3, -0.25) is 0 Å². The number of nitrogens with zero attached hydrogens (tertiary/aromatic N) is 7. The van der Waals surface area contributed by atoms with Crippen LogP contribution in [0.25, 0.3) is 11.1 Å². The van der Waals surface area contributed by atoms with Crippen molar-refractivity contribution in [1.29, 1.82) is 5.26 Å². The summed E-state index contributed by atoms with van der Waals surface area (Å²) in [4.78, 5) is 9.08. The Morgan fingerprint density at radius 3 is 2.67 bits per heavy atom. The summed E-state index contributed by atoms with van der Waals surface area (Å²) in [6, 6.07) is 13.9. The predicted octanol–water partition coefficient (Wildman–Crippen LogP) is 4.34. The second kappa shape index (κ2) is 12.6. The SMILES string of the molecule is COc1ccc(C2CCNCC2)cc1Nc1ncc(-c2ccc(C#N)c(O[C@@H](C)SCn3cnnn3)c2)cn1.